The molecule has 1 heterocycles. The van der Waals surface area contributed by atoms with Crippen LogP contribution in [0, 0.1) is 52.3 Å². The highest BCUT2D eigenvalue weighted by Gasteiger charge is 2.62. The third-order valence-electron chi connectivity index (χ3n) is 10.9. The van der Waals surface area contributed by atoms with Crippen molar-refractivity contribution in [3.8, 4) is 0 Å². The Bertz CT molecular complexity index is 804. The van der Waals surface area contributed by atoms with Crippen LogP contribution in [-0.2, 0) is 9.59 Å². The average Bonchev–Trinajstić information content (AvgIpc) is 3.06. The van der Waals surface area contributed by atoms with E-state index in [0.29, 0.717) is 48.2 Å². The standard InChI is InChI=1S/C27H41NO3/c1-15-11-24(31)25(28-14-15)16(2)19-5-6-20-18-13-23(30)22-12-17(29)7-9-27(22,4)21(18)8-10-26(19,20)3/h15-22,29H,5-14H2,1-4H3/t15?,16-,17-,18-,19+,20-,21-,22+,26+,27+/m0/s1. The van der Waals surface area contributed by atoms with E-state index in [1.807, 2.05) is 0 Å². The number of carbonyl (C=O) groups is 2. The number of rotatable bonds is 2. The van der Waals surface area contributed by atoms with Crippen LogP contribution >= 0.6 is 0 Å². The Kier molecular flexibility index (Phi) is 5.27. The molecule has 0 saturated heterocycles. The van der Waals surface area contributed by atoms with Gasteiger partial charge in [-0.2, -0.15) is 0 Å². The predicted octanol–water partition coefficient (Wildman–Crippen LogP) is 4.87. The summed E-state index contributed by atoms with van der Waals surface area (Å²) in [6.07, 6.45) is 8.39. The summed E-state index contributed by atoms with van der Waals surface area (Å²) in [6.45, 7) is 10.0. The van der Waals surface area contributed by atoms with Crippen LogP contribution in [0.3, 0.4) is 0 Å². The molecule has 0 bridgehead atoms. The maximum Gasteiger partial charge on any atom is 0.177 e. The summed E-state index contributed by atoms with van der Waals surface area (Å²) in [6, 6.07) is 0. The lowest BCUT2D eigenvalue weighted by atomic mass is 9.44. The zero-order chi connectivity index (χ0) is 22.1. The maximum atomic E-state index is 13.3. The molecular weight excluding hydrogens is 386 g/mol. The lowest BCUT2D eigenvalue weighted by Gasteiger charge is -2.60. The van der Waals surface area contributed by atoms with Gasteiger partial charge in [-0.05, 0) is 85.4 Å². The minimum absolute atomic E-state index is 0.0641. The Labute approximate surface area is 187 Å². The van der Waals surface area contributed by atoms with E-state index in [-0.39, 0.29) is 34.6 Å². The van der Waals surface area contributed by atoms with Crippen LogP contribution in [0.25, 0.3) is 0 Å². The molecule has 10 atom stereocenters. The van der Waals surface area contributed by atoms with Crippen molar-refractivity contribution in [3.05, 3.63) is 0 Å². The number of ketones is 2. The molecule has 5 rings (SSSR count). The molecule has 0 amide bonds. The number of aliphatic hydroxyl groups excluding tert-OH is 1. The minimum atomic E-state index is -0.291. The van der Waals surface area contributed by atoms with Gasteiger partial charge in [0, 0.05) is 31.2 Å². The first-order valence-electron chi connectivity index (χ1n) is 12.9. The van der Waals surface area contributed by atoms with Crippen molar-refractivity contribution in [2.75, 3.05) is 6.54 Å². The third-order valence-corrected chi connectivity index (χ3v) is 10.9. The van der Waals surface area contributed by atoms with E-state index in [4.69, 9.17) is 4.99 Å². The number of fused-ring (bicyclic) bond motifs is 5. The van der Waals surface area contributed by atoms with E-state index in [1.54, 1.807) is 0 Å². The van der Waals surface area contributed by atoms with E-state index >= 15 is 0 Å². The van der Waals surface area contributed by atoms with Crippen molar-refractivity contribution in [2.45, 2.75) is 91.6 Å². The molecule has 1 aliphatic heterocycles. The smallest absolute Gasteiger partial charge is 0.177 e. The van der Waals surface area contributed by atoms with Crippen molar-refractivity contribution < 1.29 is 14.7 Å². The lowest BCUT2D eigenvalue weighted by molar-refractivity contribution is -0.159. The number of nitrogens with zero attached hydrogens (tertiary/aromatic N) is 1. The topological polar surface area (TPSA) is 66.7 Å². The molecule has 0 aromatic heterocycles. The molecular formula is C27H41NO3. The number of hydrogen-bond acceptors (Lipinski definition) is 4. The normalized spacial score (nSPS) is 50.9. The van der Waals surface area contributed by atoms with Gasteiger partial charge in [-0.25, -0.2) is 0 Å². The number of carbonyl (C=O) groups excluding carboxylic acids is 2. The number of Topliss-reactive ketones (excluding diaryl/α,β-unsaturated/α-hetero) is 2. The van der Waals surface area contributed by atoms with Crippen LogP contribution in [0.1, 0.15) is 85.5 Å². The molecule has 4 fully saturated rings. The molecule has 1 unspecified atom stereocenters. The molecule has 0 aromatic carbocycles. The zero-order valence-electron chi connectivity index (χ0n) is 19.9. The minimum Gasteiger partial charge on any atom is -0.393 e. The summed E-state index contributed by atoms with van der Waals surface area (Å²) in [5.41, 5.74) is 1.15. The Morgan fingerprint density at radius 1 is 1.00 bits per heavy atom. The number of aliphatic hydroxyl groups is 1. The lowest BCUT2D eigenvalue weighted by Crippen LogP contribution is -2.57. The summed E-state index contributed by atoms with van der Waals surface area (Å²) >= 11 is 0. The van der Waals surface area contributed by atoms with Gasteiger partial charge in [0.25, 0.3) is 0 Å². The van der Waals surface area contributed by atoms with Crippen LogP contribution < -0.4 is 0 Å². The molecule has 4 saturated carbocycles. The Hall–Kier alpha value is -1.03. The van der Waals surface area contributed by atoms with Crippen LogP contribution in [0.4, 0.5) is 0 Å². The highest BCUT2D eigenvalue weighted by atomic mass is 16.3. The van der Waals surface area contributed by atoms with Crippen molar-refractivity contribution >= 4 is 17.3 Å². The van der Waals surface area contributed by atoms with Crippen molar-refractivity contribution in [2.24, 2.45) is 57.2 Å². The second-order valence-corrected chi connectivity index (χ2v) is 12.5. The van der Waals surface area contributed by atoms with E-state index in [0.717, 1.165) is 31.5 Å². The summed E-state index contributed by atoms with van der Waals surface area (Å²) in [4.78, 5) is 30.8. The highest BCUT2D eigenvalue weighted by Crippen LogP contribution is 2.67. The van der Waals surface area contributed by atoms with Crippen molar-refractivity contribution in [1.82, 2.24) is 0 Å². The second-order valence-electron chi connectivity index (χ2n) is 12.5. The molecule has 4 heteroatoms. The number of hydrogen-bond donors (Lipinski definition) is 1. The molecule has 5 aliphatic rings. The molecule has 4 nitrogen and oxygen atoms in total. The first-order chi connectivity index (χ1) is 14.6. The average molecular weight is 428 g/mol. The van der Waals surface area contributed by atoms with E-state index < -0.39 is 0 Å². The fourth-order valence-electron chi connectivity index (χ4n) is 9.30. The van der Waals surface area contributed by atoms with Crippen LogP contribution in [-0.4, -0.2) is 35.0 Å². The van der Waals surface area contributed by atoms with Gasteiger partial charge < -0.3 is 5.11 Å². The molecule has 1 N–H and O–H groups in total. The van der Waals surface area contributed by atoms with Gasteiger partial charge >= 0.3 is 0 Å². The Morgan fingerprint density at radius 3 is 2.45 bits per heavy atom. The highest BCUT2D eigenvalue weighted by molar-refractivity contribution is 6.41. The van der Waals surface area contributed by atoms with Gasteiger partial charge in [-0.3, -0.25) is 14.6 Å². The van der Waals surface area contributed by atoms with Gasteiger partial charge in [0.05, 0.1) is 11.8 Å². The molecule has 0 spiro atoms. The second kappa shape index (κ2) is 7.50. The molecule has 0 aromatic rings. The van der Waals surface area contributed by atoms with Crippen molar-refractivity contribution in [3.63, 3.8) is 0 Å². The van der Waals surface area contributed by atoms with E-state index in [2.05, 4.69) is 27.7 Å². The fourth-order valence-corrected chi connectivity index (χ4v) is 9.30. The van der Waals surface area contributed by atoms with Crippen LogP contribution in [0.5, 0.6) is 0 Å². The first-order valence-corrected chi connectivity index (χ1v) is 12.9. The van der Waals surface area contributed by atoms with E-state index in [1.165, 1.54) is 25.7 Å². The largest absolute Gasteiger partial charge is 0.393 e. The van der Waals surface area contributed by atoms with Gasteiger partial charge in [0.15, 0.2) is 5.78 Å². The Morgan fingerprint density at radius 2 is 1.71 bits per heavy atom. The summed E-state index contributed by atoms with van der Waals surface area (Å²) < 4.78 is 0. The van der Waals surface area contributed by atoms with E-state index in [9.17, 15) is 14.7 Å². The summed E-state index contributed by atoms with van der Waals surface area (Å²) in [5.74, 6) is 3.57. The quantitative estimate of drug-likeness (QED) is 0.683. The summed E-state index contributed by atoms with van der Waals surface area (Å²) in [5, 5.41) is 10.2. The van der Waals surface area contributed by atoms with Gasteiger partial charge in [-0.15, -0.1) is 0 Å². The van der Waals surface area contributed by atoms with Gasteiger partial charge in [0.2, 0.25) is 0 Å². The molecule has 0 radical (unpaired) electrons. The van der Waals surface area contributed by atoms with Crippen molar-refractivity contribution in [1.29, 1.82) is 0 Å². The molecule has 31 heavy (non-hydrogen) atoms. The van der Waals surface area contributed by atoms with Gasteiger partial charge in [-0.1, -0.05) is 27.7 Å². The van der Waals surface area contributed by atoms with Crippen LogP contribution in [0.15, 0.2) is 4.99 Å². The third kappa shape index (κ3) is 3.21. The SMILES string of the molecule is CC1CN=C([C@@H](C)[C@H]2CC[C@H]3[C@@H]4CC(=O)[C@H]5C[C@@H](O)CC[C@]5(C)[C@H]4CC[C@]23C)C(=O)C1. The zero-order valence-corrected chi connectivity index (χ0v) is 19.9. The maximum absolute atomic E-state index is 13.3. The predicted molar refractivity (Wildman–Crippen MR) is 122 cm³/mol. The monoisotopic (exact) mass is 427 g/mol. The molecule has 4 aliphatic carbocycles. The fraction of sp³-hybridized carbons (Fsp3) is 0.889. The van der Waals surface area contributed by atoms with Crippen LogP contribution in [0.2, 0.25) is 0 Å². The summed E-state index contributed by atoms with van der Waals surface area (Å²) in [7, 11) is 0. The number of aliphatic imine (C=N–C) groups is 1. The first kappa shape index (κ1) is 21.8. The molecule has 172 valence electrons. The van der Waals surface area contributed by atoms with Gasteiger partial charge in [0.1, 0.15) is 5.78 Å². The Balaban J connectivity index is 1.40.